The molecule has 2 N–H and O–H groups in total. The molecule has 1 aromatic rings. The van der Waals surface area contributed by atoms with Gasteiger partial charge in [-0.05, 0) is 24.1 Å². The summed E-state index contributed by atoms with van der Waals surface area (Å²) in [6, 6.07) is 5.05. The Kier molecular flexibility index (Phi) is 3.69. The average molecular weight is 300 g/mol. The fraction of sp³-hybridized carbons (Fsp3) is 0.417. The number of hydrogen-bond donors (Lipinski definition) is 1. The Hall–Kier alpha value is -1.34. The van der Waals surface area contributed by atoms with E-state index in [1.54, 1.807) is 18.2 Å². The van der Waals surface area contributed by atoms with Gasteiger partial charge in [-0.2, -0.15) is 0 Å². The summed E-state index contributed by atoms with van der Waals surface area (Å²) in [4.78, 5) is 0.252. The Morgan fingerprint density at radius 2 is 2.21 bits per heavy atom. The molecular weight excluding hydrogens is 284 g/mol. The van der Waals surface area contributed by atoms with E-state index < -0.39 is 10.0 Å². The molecule has 1 aliphatic heterocycles. The molecule has 0 bridgehead atoms. The molecule has 0 radical (unpaired) electrons. The minimum absolute atomic E-state index is 0.102. The maximum atomic E-state index is 12.1. The van der Waals surface area contributed by atoms with E-state index in [0.717, 1.165) is 0 Å². The number of benzene rings is 1. The van der Waals surface area contributed by atoms with Crippen molar-refractivity contribution in [3.05, 3.63) is 23.8 Å². The topological polar surface area (TPSA) is 72.6 Å². The Morgan fingerprint density at radius 1 is 1.53 bits per heavy atom. The zero-order valence-corrected chi connectivity index (χ0v) is 12.4. The number of thiocarbonyl (C=S) groups is 1. The second-order valence-electron chi connectivity index (χ2n) is 4.67. The highest BCUT2D eigenvalue weighted by atomic mass is 32.2. The third kappa shape index (κ3) is 2.66. The molecule has 0 saturated carbocycles. The van der Waals surface area contributed by atoms with Crippen molar-refractivity contribution < 1.29 is 13.2 Å². The maximum absolute atomic E-state index is 12.1. The zero-order valence-electron chi connectivity index (χ0n) is 10.8. The van der Waals surface area contributed by atoms with Crippen LogP contribution < -0.4 is 14.8 Å². The monoisotopic (exact) mass is 300 g/mol. The van der Waals surface area contributed by atoms with Gasteiger partial charge in [0.25, 0.3) is 0 Å². The quantitative estimate of drug-likeness (QED) is 0.847. The number of rotatable bonds is 3. The van der Waals surface area contributed by atoms with Gasteiger partial charge in [0.2, 0.25) is 10.0 Å². The Bertz CT molecular complexity index is 613. The summed E-state index contributed by atoms with van der Waals surface area (Å²) in [5.74, 6) is 0.723. The van der Waals surface area contributed by atoms with Crippen molar-refractivity contribution in [2.45, 2.75) is 6.92 Å². The standard InChI is InChI=1S/C12H16N2O3S2/c1-8-6-14(19(15,16)7-8)10-4-3-9(12(13)18)5-11(10)17-2/h3-5,8H,6-7H2,1-2H3,(H2,13,18). The summed E-state index contributed by atoms with van der Waals surface area (Å²) in [5.41, 5.74) is 6.75. The van der Waals surface area contributed by atoms with E-state index >= 15 is 0 Å². The number of anilines is 1. The van der Waals surface area contributed by atoms with E-state index in [1.165, 1.54) is 11.4 Å². The zero-order chi connectivity index (χ0) is 14.2. The van der Waals surface area contributed by atoms with Crippen molar-refractivity contribution in [1.29, 1.82) is 0 Å². The number of methoxy groups -OCH3 is 1. The highest BCUT2D eigenvalue weighted by Crippen LogP contribution is 2.35. The van der Waals surface area contributed by atoms with Gasteiger partial charge < -0.3 is 10.5 Å². The molecule has 0 aliphatic carbocycles. The number of nitrogens with zero attached hydrogens (tertiary/aromatic N) is 1. The number of ether oxygens (including phenoxy) is 1. The molecule has 2 rings (SSSR count). The first-order valence-electron chi connectivity index (χ1n) is 5.83. The van der Waals surface area contributed by atoms with Crippen LogP contribution in [0, 0.1) is 5.92 Å². The lowest BCUT2D eigenvalue weighted by molar-refractivity contribution is 0.415. The summed E-state index contributed by atoms with van der Waals surface area (Å²) < 4.78 is 30.8. The van der Waals surface area contributed by atoms with Crippen LogP contribution in [-0.2, 0) is 10.0 Å². The number of hydrogen-bond acceptors (Lipinski definition) is 4. The lowest BCUT2D eigenvalue weighted by atomic mass is 10.1. The van der Waals surface area contributed by atoms with Crippen LogP contribution in [0.1, 0.15) is 12.5 Å². The predicted octanol–water partition coefficient (Wildman–Crippen LogP) is 1.12. The smallest absolute Gasteiger partial charge is 0.235 e. The molecule has 1 fully saturated rings. The summed E-state index contributed by atoms with van der Waals surface area (Å²) in [6.45, 7) is 2.37. The molecule has 1 heterocycles. The predicted molar refractivity (Wildman–Crippen MR) is 79.2 cm³/mol. The SMILES string of the molecule is COc1cc(C(N)=S)ccc1N1CC(C)CS1(=O)=O. The first-order valence-corrected chi connectivity index (χ1v) is 7.85. The van der Waals surface area contributed by atoms with Crippen molar-refractivity contribution in [2.75, 3.05) is 23.7 Å². The Labute approximate surface area is 118 Å². The Balaban J connectivity index is 2.48. The molecule has 0 aromatic heterocycles. The minimum Gasteiger partial charge on any atom is -0.495 e. The number of sulfonamides is 1. The lowest BCUT2D eigenvalue weighted by Gasteiger charge is -2.20. The van der Waals surface area contributed by atoms with E-state index in [9.17, 15) is 8.42 Å². The third-order valence-electron chi connectivity index (χ3n) is 3.04. The third-order valence-corrected chi connectivity index (χ3v) is 5.28. The molecule has 7 heteroatoms. The van der Waals surface area contributed by atoms with Gasteiger partial charge in [0.05, 0.1) is 18.6 Å². The van der Waals surface area contributed by atoms with Gasteiger partial charge in [0.15, 0.2) is 0 Å². The van der Waals surface area contributed by atoms with Crippen LogP contribution in [0.25, 0.3) is 0 Å². The van der Waals surface area contributed by atoms with Gasteiger partial charge in [-0.15, -0.1) is 0 Å². The van der Waals surface area contributed by atoms with Gasteiger partial charge >= 0.3 is 0 Å². The van der Waals surface area contributed by atoms with Crippen molar-refractivity contribution in [2.24, 2.45) is 11.7 Å². The first kappa shape index (κ1) is 14.1. The highest BCUT2D eigenvalue weighted by Gasteiger charge is 2.35. The van der Waals surface area contributed by atoms with Crippen LogP contribution in [0.4, 0.5) is 5.69 Å². The largest absolute Gasteiger partial charge is 0.495 e. The Morgan fingerprint density at radius 3 is 2.68 bits per heavy atom. The summed E-state index contributed by atoms with van der Waals surface area (Å²) >= 11 is 4.90. The fourth-order valence-corrected chi connectivity index (χ4v) is 4.25. The minimum atomic E-state index is -3.27. The summed E-state index contributed by atoms with van der Waals surface area (Å²) in [7, 11) is -1.77. The van der Waals surface area contributed by atoms with Gasteiger partial charge in [-0.25, -0.2) is 8.42 Å². The van der Waals surface area contributed by atoms with Gasteiger partial charge in [-0.3, -0.25) is 4.31 Å². The second kappa shape index (κ2) is 4.97. The molecule has 19 heavy (non-hydrogen) atoms. The van der Waals surface area contributed by atoms with E-state index in [1.807, 2.05) is 6.92 Å². The molecular formula is C12H16N2O3S2. The van der Waals surface area contributed by atoms with E-state index in [2.05, 4.69) is 0 Å². The van der Waals surface area contributed by atoms with Gasteiger partial charge in [0.1, 0.15) is 10.7 Å². The average Bonchev–Trinajstić information content (AvgIpc) is 2.61. The van der Waals surface area contributed by atoms with E-state index in [0.29, 0.717) is 23.5 Å². The lowest BCUT2D eigenvalue weighted by Crippen LogP contribution is -2.26. The molecule has 1 aliphatic rings. The van der Waals surface area contributed by atoms with E-state index in [-0.39, 0.29) is 16.7 Å². The number of nitrogens with two attached hydrogens (primary N) is 1. The van der Waals surface area contributed by atoms with Crippen molar-refractivity contribution in [1.82, 2.24) is 0 Å². The molecule has 1 aromatic carbocycles. The van der Waals surface area contributed by atoms with Crippen LogP contribution in [0.3, 0.4) is 0 Å². The van der Waals surface area contributed by atoms with Crippen molar-refractivity contribution >= 4 is 32.9 Å². The van der Waals surface area contributed by atoms with Gasteiger partial charge in [-0.1, -0.05) is 19.1 Å². The second-order valence-corrected chi connectivity index (χ2v) is 7.04. The van der Waals surface area contributed by atoms with Crippen LogP contribution in [0.5, 0.6) is 5.75 Å². The molecule has 0 amide bonds. The van der Waals surface area contributed by atoms with Crippen molar-refractivity contribution in [3.8, 4) is 5.75 Å². The summed E-state index contributed by atoms with van der Waals surface area (Å²) in [5, 5.41) is 0. The molecule has 5 nitrogen and oxygen atoms in total. The van der Waals surface area contributed by atoms with Crippen LogP contribution in [0.15, 0.2) is 18.2 Å². The molecule has 1 atom stereocenters. The maximum Gasteiger partial charge on any atom is 0.235 e. The molecule has 1 saturated heterocycles. The van der Waals surface area contributed by atoms with Crippen molar-refractivity contribution in [3.63, 3.8) is 0 Å². The first-order chi connectivity index (χ1) is 8.85. The molecule has 0 spiro atoms. The summed E-state index contributed by atoms with van der Waals surface area (Å²) in [6.07, 6.45) is 0. The highest BCUT2D eigenvalue weighted by molar-refractivity contribution is 7.93. The van der Waals surface area contributed by atoms with Crippen LogP contribution in [-0.4, -0.2) is 32.8 Å². The van der Waals surface area contributed by atoms with Gasteiger partial charge in [0, 0.05) is 12.1 Å². The van der Waals surface area contributed by atoms with Crippen LogP contribution >= 0.6 is 12.2 Å². The van der Waals surface area contributed by atoms with E-state index in [4.69, 9.17) is 22.7 Å². The fourth-order valence-electron chi connectivity index (χ4n) is 2.18. The normalized spacial score (nSPS) is 21.4. The molecule has 104 valence electrons. The molecule has 1 unspecified atom stereocenters. The van der Waals surface area contributed by atoms with Crippen LogP contribution in [0.2, 0.25) is 0 Å².